The lowest BCUT2D eigenvalue weighted by molar-refractivity contribution is -0.141. The minimum atomic E-state index is -0.637. The number of aryl methyl sites for hydroxylation is 1. The number of carbonyl (C=O) groups is 1. The Bertz CT molecular complexity index is 1080. The van der Waals surface area contributed by atoms with Crippen LogP contribution >= 0.6 is 0 Å². The molecule has 3 rings (SSSR count). The Balaban J connectivity index is 2.16. The molecular formula is C16H17N5O5. The van der Waals surface area contributed by atoms with E-state index < -0.39 is 17.2 Å². The second-order valence-corrected chi connectivity index (χ2v) is 5.44. The van der Waals surface area contributed by atoms with Crippen molar-refractivity contribution in [3.63, 3.8) is 0 Å². The third-order valence-electron chi connectivity index (χ3n) is 3.87. The summed E-state index contributed by atoms with van der Waals surface area (Å²) >= 11 is 0. The predicted octanol–water partition coefficient (Wildman–Crippen LogP) is 0.348. The van der Waals surface area contributed by atoms with Crippen molar-refractivity contribution in [3.8, 4) is 5.75 Å². The second-order valence-electron chi connectivity index (χ2n) is 5.44. The fourth-order valence-electron chi connectivity index (χ4n) is 2.48. The fraction of sp³-hybridized carbons (Fsp3) is 0.250. The maximum Gasteiger partial charge on any atom is 0.329 e. The number of methoxy groups -OCH3 is 2. The number of aromatic nitrogens is 4. The number of fused-ring (bicyclic) bond motifs is 1. The Hall–Kier alpha value is -3.56. The van der Waals surface area contributed by atoms with Gasteiger partial charge in [-0.05, 0) is 24.3 Å². The van der Waals surface area contributed by atoms with Gasteiger partial charge in [-0.25, -0.2) is 4.79 Å². The number of rotatable bonds is 5. The molecule has 0 amide bonds. The summed E-state index contributed by atoms with van der Waals surface area (Å²) in [6.07, 6.45) is 0. The Labute approximate surface area is 147 Å². The number of hydrogen-bond acceptors (Lipinski definition) is 7. The van der Waals surface area contributed by atoms with Crippen LogP contribution in [0.4, 0.5) is 11.6 Å². The number of ether oxygens (including phenoxy) is 2. The average Bonchev–Trinajstić information content (AvgIpc) is 2.99. The zero-order chi connectivity index (χ0) is 18.8. The van der Waals surface area contributed by atoms with E-state index in [1.165, 1.54) is 23.3 Å². The van der Waals surface area contributed by atoms with Crippen LogP contribution in [0.25, 0.3) is 11.2 Å². The van der Waals surface area contributed by atoms with Gasteiger partial charge in [-0.15, -0.1) is 0 Å². The van der Waals surface area contributed by atoms with Gasteiger partial charge in [0.2, 0.25) is 5.95 Å². The first-order chi connectivity index (χ1) is 12.4. The molecule has 0 unspecified atom stereocenters. The SMILES string of the molecule is COC(=O)Cn1c(Nc2ccc(OC)cc2)nc2c1c(=O)[nH]c(=O)n2C. The third-order valence-corrected chi connectivity index (χ3v) is 3.87. The molecule has 0 bridgehead atoms. The number of benzene rings is 1. The normalized spacial score (nSPS) is 10.7. The highest BCUT2D eigenvalue weighted by Gasteiger charge is 2.19. The van der Waals surface area contributed by atoms with E-state index in [4.69, 9.17) is 4.74 Å². The van der Waals surface area contributed by atoms with Gasteiger partial charge in [0, 0.05) is 12.7 Å². The molecule has 2 heterocycles. The molecule has 26 heavy (non-hydrogen) atoms. The summed E-state index contributed by atoms with van der Waals surface area (Å²) < 4.78 is 12.4. The van der Waals surface area contributed by atoms with E-state index in [0.717, 1.165) is 0 Å². The smallest absolute Gasteiger partial charge is 0.329 e. The van der Waals surface area contributed by atoms with Crippen LogP contribution in [0.5, 0.6) is 5.75 Å². The average molecular weight is 359 g/mol. The molecule has 0 aliphatic heterocycles. The van der Waals surface area contributed by atoms with Crippen LogP contribution in [-0.2, 0) is 23.1 Å². The van der Waals surface area contributed by atoms with Gasteiger partial charge in [0.05, 0.1) is 14.2 Å². The van der Waals surface area contributed by atoms with E-state index >= 15 is 0 Å². The number of nitrogens with one attached hydrogen (secondary N) is 2. The van der Waals surface area contributed by atoms with Crippen LogP contribution in [0.3, 0.4) is 0 Å². The summed E-state index contributed by atoms with van der Waals surface area (Å²) in [4.78, 5) is 42.4. The summed E-state index contributed by atoms with van der Waals surface area (Å²) in [7, 11) is 4.29. The largest absolute Gasteiger partial charge is 0.497 e. The lowest BCUT2D eigenvalue weighted by atomic mass is 10.3. The maximum atomic E-state index is 12.3. The highest BCUT2D eigenvalue weighted by molar-refractivity contribution is 5.79. The topological polar surface area (TPSA) is 120 Å². The van der Waals surface area contributed by atoms with Gasteiger partial charge < -0.3 is 14.8 Å². The quantitative estimate of drug-likeness (QED) is 0.631. The summed E-state index contributed by atoms with van der Waals surface area (Å²) in [6, 6.07) is 7.00. The molecule has 0 aliphatic carbocycles. The maximum absolute atomic E-state index is 12.3. The monoisotopic (exact) mass is 359 g/mol. The molecular weight excluding hydrogens is 342 g/mol. The van der Waals surface area contributed by atoms with Gasteiger partial charge in [0.15, 0.2) is 11.2 Å². The van der Waals surface area contributed by atoms with Crippen LogP contribution in [0.2, 0.25) is 0 Å². The number of nitrogens with zero attached hydrogens (tertiary/aromatic N) is 3. The molecule has 2 N–H and O–H groups in total. The number of anilines is 2. The number of aromatic amines is 1. The highest BCUT2D eigenvalue weighted by atomic mass is 16.5. The van der Waals surface area contributed by atoms with Gasteiger partial charge in [0.25, 0.3) is 5.56 Å². The first-order valence-electron chi connectivity index (χ1n) is 7.62. The highest BCUT2D eigenvalue weighted by Crippen LogP contribution is 2.22. The number of carbonyl (C=O) groups excluding carboxylic acids is 1. The van der Waals surface area contributed by atoms with Crippen molar-refractivity contribution < 1.29 is 14.3 Å². The van der Waals surface area contributed by atoms with Gasteiger partial charge in [-0.2, -0.15) is 4.98 Å². The predicted molar refractivity (Wildman–Crippen MR) is 93.9 cm³/mol. The molecule has 0 aliphatic rings. The first-order valence-corrected chi connectivity index (χ1v) is 7.62. The summed E-state index contributed by atoms with van der Waals surface area (Å²) in [5, 5.41) is 3.04. The van der Waals surface area contributed by atoms with Crippen LogP contribution in [-0.4, -0.2) is 39.3 Å². The molecule has 10 heteroatoms. The summed E-state index contributed by atoms with van der Waals surface area (Å²) in [6.45, 7) is -0.243. The van der Waals surface area contributed by atoms with Crippen molar-refractivity contribution in [3.05, 3.63) is 45.1 Å². The van der Waals surface area contributed by atoms with E-state index in [0.29, 0.717) is 11.4 Å². The Morgan fingerprint density at radius 2 is 1.92 bits per heavy atom. The van der Waals surface area contributed by atoms with Crippen molar-refractivity contribution >= 4 is 28.8 Å². The standard InChI is InChI=1S/C16H17N5O5/c1-20-13-12(14(23)19-16(20)24)21(8-11(22)26-3)15(18-13)17-9-4-6-10(25-2)7-5-9/h4-7H,8H2,1-3H3,(H,17,18)(H,19,23,24). The van der Waals surface area contributed by atoms with E-state index in [2.05, 4.69) is 20.0 Å². The Morgan fingerprint density at radius 1 is 1.23 bits per heavy atom. The second kappa shape index (κ2) is 6.75. The van der Waals surface area contributed by atoms with Crippen molar-refractivity contribution in [2.24, 2.45) is 7.05 Å². The number of hydrogen-bond donors (Lipinski definition) is 2. The third kappa shape index (κ3) is 3.04. The summed E-state index contributed by atoms with van der Waals surface area (Å²) in [5.41, 5.74) is -0.329. The molecule has 0 atom stereocenters. The minimum Gasteiger partial charge on any atom is -0.497 e. The van der Waals surface area contributed by atoms with Gasteiger partial charge >= 0.3 is 11.7 Å². The van der Waals surface area contributed by atoms with E-state index in [-0.39, 0.29) is 23.7 Å². The van der Waals surface area contributed by atoms with Crippen LogP contribution < -0.4 is 21.3 Å². The number of imidazole rings is 1. The first kappa shape index (κ1) is 17.3. The van der Waals surface area contributed by atoms with Crippen molar-refractivity contribution in [2.75, 3.05) is 19.5 Å². The number of esters is 1. The van der Waals surface area contributed by atoms with Crippen LogP contribution in [0.1, 0.15) is 0 Å². The molecule has 0 spiro atoms. The van der Waals surface area contributed by atoms with Crippen LogP contribution in [0.15, 0.2) is 33.9 Å². The van der Waals surface area contributed by atoms with Crippen molar-refractivity contribution in [1.29, 1.82) is 0 Å². The van der Waals surface area contributed by atoms with Crippen LogP contribution in [0, 0.1) is 0 Å². The van der Waals surface area contributed by atoms with E-state index in [9.17, 15) is 14.4 Å². The molecule has 0 saturated carbocycles. The number of H-pyrrole nitrogens is 1. The Morgan fingerprint density at radius 3 is 2.54 bits per heavy atom. The lowest BCUT2D eigenvalue weighted by Crippen LogP contribution is -2.29. The van der Waals surface area contributed by atoms with Crippen molar-refractivity contribution in [1.82, 2.24) is 19.1 Å². The fourth-order valence-corrected chi connectivity index (χ4v) is 2.48. The summed E-state index contributed by atoms with van der Waals surface area (Å²) in [5.74, 6) is 0.343. The van der Waals surface area contributed by atoms with E-state index in [1.807, 2.05) is 0 Å². The van der Waals surface area contributed by atoms with Gasteiger partial charge in [-0.1, -0.05) is 0 Å². The van der Waals surface area contributed by atoms with Gasteiger partial charge in [-0.3, -0.25) is 23.7 Å². The molecule has 0 saturated heterocycles. The molecule has 136 valence electrons. The zero-order valence-electron chi connectivity index (χ0n) is 14.4. The Kier molecular flexibility index (Phi) is 4.48. The molecule has 0 fully saturated rings. The molecule has 2 aromatic heterocycles. The minimum absolute atomic E-state index is 0.0912. The lowest BCUT2D eigenvalue weighted by Gasteiger charge is -2.09. The molecule has 10 nitrogen and oxygen atoms in total. The zero-order valence-corrected chi connectivity index (χ0v) is 14.4. The van der Waals surface area contributed by atoms with Crippen molar-refractivity contribution in [2.45, 2.75) is 6.54 Å². The van der Waals surface area contributed by atoms with Gasteiger partial charge in [0.1, 0.15) is 12.3 Å². The molecule has 0 radical (unpaired) electrons. The molecule has 1 aromatic carbocycles. The van der Waals surface area contributed by atoms with E-state index in [1.54, 1.807) is 31.4 Å². The molecule has 3 aromatic rings.